The third-order valence-corrected chi connectivity index (χ3v) is 26.4. The number of aromatic nitrogens is 8. The third-order valence-electron chi connectivity index (χ3n) is 24.4. The Labute approximate surface area is 794 Å². The molecule has 2 fully saturated rings. The number of unbranched alkanes of at least 4 members (excludes halogenated alkanes) is 4. The molecule has 0 saturated carbocycles. The molecule has 8 N–H and O–H groups in total. The van der Waals surface area contributed by atoms with E-state index in [9.17, 15) is 39.0 Å². The highest BCUT2D eigenvalue weighted by atomic mass is 32.1. The van der Waals surface area contributed by atoms with Crippen molar-refractivity contribution in [1.82, 2.24) is 65.1 Å². The molecule has 29 nitrogen and oxygen atoms in total. The van der Waals surface area contributed by atoms with Crippen molar-refractivity contribution in [2.75, 3.05) is 62.4 Å². The Morgan fingerprint density at radius 2 is 0.941 bits per heavy atom. The second-order valence-corrected chi connectivity index (χ2v) is 38.5. The van der Waals surface area contributed by atoms with Crippen molar-refractivity contribution >= 4 is 80.9 Å². The molecule has 8 heterocycles. The van der Waals surface area contributed by atoms with Crippen molar-refractivity contribution in [3.05, 3.63) is 238 Å². The number of imidazole rings is 2. The van der Waals surface area contributed by atoms with Gasteiger partial charge in [0.2, 0.25) is 29.5 Å². The zero-order valence-corrected chi connectivity index (χ0v) is 81.2. The van der Waals surface area contributed by atoms with E-state index >= 15 is 8.78 Å². The minimum atomic E-state index is -0.978. The number of nitrogens with zero attached hydrogens (tertiary/aromatic N) is 12. The van der Waals surface area contributed by atoms with Crippen LogP contribution in [-0.2, 0) is 38.2 Å². The molecule has 0 aliphatic carbocycles. The van der Waals surface area contributed by atoms with Crippen LogP contribution >= 0.6 is 22.7 Å². The van der Waals surface area contributed by atoms with Gasteiger partial charge in [-0.15, -0.1) is 22.7 Å². The molecule has 8 atom stereocenters. The Bertz CT molecular complexity index is 5990. The van der Waals surface area contributed by atoms with E-state index in [4.69, 9.17) is 29.4 Å². The number of aryl methyl sites for hydroxylation is 8. The number of carbonyl (C=O) groups excluding carboxylic acids is 5. The summed E-state index contributed by atoms with van der Waals surface area (Å²) in [5, 5.41) is 46.7. The molecule has 5 amide bonds. The Hall–Kier alpha value is -12.5. The zero-order valence-electron chi connectivity index (χ0n) is 79.5. The molecule has 716 valence electrons. The highest BCUT2D eigenvalue weighted by Crippen LogP contribution is 2.41. The lowest BCUT2D eigenvalue weighted by Crippen LogP contribution is -2.58. The number of carboxylic acids is 1. The number of thiazole rings is 2. The molecule has 12 aromatic rings. The van der Waals surface area contributed by atoms with Gasteiger partial charge in [0, 0.05) is 111 Å². The second-order valence-electron chi connectivity index (χ2n) is 36.8. The summed E-state index contributed by atoms with van der Waals surface area (Å²) in [7, 11) is 0. The predicted molar refractivity (Wildman–Crippen MR) is 519 cm³/mol. The van der Waals surface area contributed by atoms with Crippen LogP contribution in [0.3, 0.4) is 0 Å². The van der Waals surface area contributed by atoms with E-state index in [1.165, 1.54) is 9.80 Å². The van der Waals surface area contributed by atoms with Gasteiger partial charge in [-0.2, -0.15) is 0 Å². The summed E-state index contributed by atoms with van der Waals surface area (Å²) in [6, 6.07) is 34.8. The number of hydrogen-bond donors (Lipinski definition) is 7. The number of rotatable bonds is 35. The normalized spacial score (nSPS) is 15.8. The molecule has 0 unspecified atom stereocenters. The fourth-order valence-electron chi connectivity index (χ4n) is 16.8. The zero-order chi connectivity index (χ0) is 97.3. The van der Waals surface area contributed by atoms with Gasteiger partial charge in [0.15, 0.2) is 0 Å². The number of ether oxygens (including phenoxy) is 2. The number of nitrogens with two attached hydrogens (primary N) is 1. The Morgan fingerprint density at radius 3 is 1.30 bits per heavy atom. The number of carbonyl (C=O) groups is 6. The van der Waals surface area contributed by atoms with E-state index < -0.39 is 65.0 Å². The van der Waals surface area contributed by atoms with Crippen molar-refractivity contribution in [2.45, 2.75) is 211 Å². The van der Waals surface area contributed by atoms with E-state index in [2.05, 4.69) is 74.2 Å². The average molecular weight is 1880 g/mol. The SMILES string of the molecule is Cc1ccc(-c2c(C)noc2C)cc1N(CCCCCOCC(=O)N[C@H](C(=O)N1C[C@H](O)C[C@H]1C(=O)N[C@@H](C)c1ccc(-c2scnc2C)cc1)C(C)(C)C)c1ccc(-n2ccnc2)c(F)c1.Cc1ccc(-c2c(C)noc2C)cc1N(CCCCCOCC(=O)O)c1ccc(-n2ccnc2)c(F)c1.Cc1ncsc1-c1ccc([C@H](C)NC(=O)[C@@H]2C[C@@H](O)CN2C(=O)[C@@H](N)C(C)(C)C)cc1. The molecule has 0 radical (unpaired) electrons. The van der Waals surface area contributed by atoms with E-state index in [1.807, 2.05) is 201 Å². The fourth-order valence-corrected chi connectivity index (χ4v) is 18.4. The van der Waals surface area contributed by atoms with Crippen molar-refractivity contribution in [3.8, 4) is 54.5 Å². The number of aliphatic carboxylic acids is 1. The molecule has 0 spiro atoms. The smallest absolute Gasteiger partial charge is 0.329 e. The molecule has 6 aromatic heterocycles. The largest absolute Gasteiger partial charge is 0.480 e. The van der Waals surface area contributed by atoms with E-state index in [0.717, 1.165) is 149 Å². The van der Waals surface area contributed by atoms with Crippen LogP contribution in [0.25, 0.3) is 54.5 Å². The van der Waals surface area contributed by atoms with E-state index in [0.29, 0.717) is 49.8 Å². The minimum absolute atomic E-state index is 0.0252. The van der Waals surface area contributed by atoms with Gasteiger partial charge >= 0.3 is 5.97 Å². The van der Waals surface area contributed by atoms with Crippen LogP contribution in [0.1, 0.15) is 175 Å². The highest BCUT2D eigenvalue weighted by Gasteiger charge is 2.46. The number of nitrogens with one attached hydrogen (secondary N) is 3. The van der Waals surface area contributed by atoms with Gasteiger partial charge in [-0.25, -0.2) is 33.5 Å². The number of carboxylic acid groups (broad SMARTS) is 1. The van der Waals surface area contributed by atoms with Crippen molar-refractivity contribution in [2.24, 2.45) is 16.6 Å². The van der Waals surface area contributed by atoms with Gasteiger partial charge < -0.3 is 84.3 Å². The number of aliphatic hydroxyl groups is 2. The summed E-state index contributed by atoms with van der Waals surface area (Å²) < 4.78 is 56.0. The summed E-state index contributed by atoms with van der Waals surface area (Å²) in [4.78, 5) is 104. The molecule has 0 bridgehead atoms. The number of halogens is 2. The predicted octanol–water partition coefficient (Wildman–Crippen LogP) is 17.4. The molecular formula is C102H124F2N16O13S2. The first-order valence-corrected chi connectivity index (χ1v) is 47.3. The van der Waals surface area contributed by atoms with Gasteiger partial charge in [-0.05, 0) is 212 Å². The average Bonchev–Trinajstić information content (AvgIpc) is 1.26. The number of hydrogen-bond acceptors (Lipinski definition) is 23. The Kier molecular flexibility index (Phi) is 34.3. The van der Waals surface area contributed by atoms with Gasteiger partial charge in [0.1, 0.15) is 54.5 Å². The van der Waals surface area contributed by atoms with Gasteiger partial charge in [0.05, 0.1) is 97.9 Å². The van der Waals surface area contributed by atoms with Crippen LogP contribution in [0.2, 0.25) is 0 Å². The second kappa shape index (κ2) is 45.7. The number of β-amino-alcohol motifs (C(OH)–C–C–N with tert-alkyl or cyclic N) is 2. The van der Waals surface area contributed by atoms with Crippen molar-refractivity contribution in [3.63, 3.8) is 0 Å². The summed E-state index contributed by atoms with van der Waals surface area (Å²) in [6.45, 7) is 32.1. The standard InChI is InChI=1S/C51H61FN8O6S.C28H31FN4O4.C23H32N4O3S/c1-31-12-13-38(46-33(3)57-66-35(46)5)24-43(31)59(39-18-19-42(41(52)25-39)58-22-20-53-29-58)21-10-9-11-23-65-28-45(62)56-48(51(6,7)8)50(64)60-27-40(61)26-44(60)49(63)55-32(2)36-14-16-37(17-15-36)47-34(4)54-30-67-47;1-19-7-8-22(28-20(2)31-37-21(28)3)15-26(19)33(12-5-4-6-14-36-17-27(34)35)23-9-10-25(24(29)16-23)32-13-11-30-18-32;1-13(15-6-8-16(9-7-15)19-14(2)25-12-31-19)26-21(29)18-10-17(28)11-27(18)22(30)20(24)23(3,4)5/h12-20,22,24-25,29-30,32,40,44,48,61H,9-11,21,23,26-28H2,1-8H3,(H,55,63)(H,56,62);7-11,13,15-16,18H,4-6,12,14,17H2,1-3H3,(H,34,35);6-9,12-13,17-18,20,28H,10-11,24H2,1-5H3,(H,26,29)/t32-,40+,44-,48+;;13-,17+,18-,20+/m0.0/s1. The Morgan fingerprint density at radius 1 is 0.526 bits per heavy atom. The van der Waals surface area contributed by atoms with E-state index in [1.54, 1.807) is 93.5 Å². The minimum Gasteiger partial charge on any atom is -0.480 e. The lowest BCUT2D eigenvalue weighted by molar-refractivity contribution is -0.144. The Balaban J connectivity index is 0.000000202. The van der Waals surface area contributed by atoms with E-state index in [-0.39, 0.29) is 80.6 Å². The quantitative estimate of drug-likeness (QED) is 0.0181. The molecule has 135 heavy (non-hydrogen) atoms. The van der Waals surface area contributed by atoms with Crippen LogP contribution in [0.15, 0.2) is 179 Å². The molecule has 2 aliphatic rings. The van der Waals surface area contributed by atoms with Gasteiger partial charge in [-0.1, -0.05) is 125 Å². The lowest BCUT2D eigenvalue weighted by Gasteiger charge is -2.35. The van der Waals surface area contributed by atoms with Crippen LogP contribution in [0.5, 0.6) is 0 Å². The fraction of sp³-hybridized carbons (Fsp3) is 0.412. The molecule has 2 aliphatic heterocycles. The topological polar surface area (TPSA) is 370 Å². The van der Waals surface area contributed by atoms with Crippen LogP contribution < -0.4 is 31.5 Å². The maximum atomic E-state index is 15.7. The monoisotopic (exact) mass is 1880 g/mol. The van der Waals surface area contributed by atoms with Crippen LogP contribution in [0.4, 0.5) is 31.5 Å². The summed E-state index contributed by atoms with van der Waals surface area (Å²) in [6.07, 6.45) is 13.0. The molecule has 6 aromatic carbocycles. The third kappa shape index (κ3) is 25.8. The molecule has 2 saturated heterocycles. The first kappa shape index (κ1) is 101. The number of benzene rings is 6. The number of aliphatic hydroxyl groups excluding tert-OH is 2. The maximum Gasteiger partial charge on any atom is 0.329 e. The molecule has 33 heteroatoms. The number of likely N-dealkylation sites (tertiary alicyclic amines) is 2. The number of amides is 5. The van der Waals surface area contributed by atoms with Crippen molar-refractivity contribution in [1.29, 1.82) is 0 Å². The van der Waals surface area contributed by atoms with Gasteiger partial charge in [-0.3, -0.25) is 24.0 Å². The summed E-state index contributed by atoms with van der Waals surface area (Å²) in [5.74, 6) is -2.09. The highest BCUT2D eigenvalue weighted by molar-refractivity contribution is 7.13. The first-order valence-electron chi connectivity index (χ1n) is 45.5. The summed E-state index contributed by atoms with van der Waals surface area (Å²) in [5.41, 5.74) is 26.2. The lowest BCUT2D eigenvalue weighted by atomic mass is 9.85. The van der Waals surface area contributed by atoms with Crippen molar-refractivity contribution < 1.29 is 71.4 Å². The molecule has 14 rings (SSSR count). The number of anilines is 4. The first-order chi connectivity index (χ1) is 64.3. The maximum absolute atomic E-state index is 15.7. The molecular weight excluding hydrogens is 1760 g/mol. The summed E-state index contributed by atoms with van der Waals surface area (Å²) >= 11 is 3.17. The van der Waals surface area contributed by atoms with Crippen LogP contribution in [-0.4, -0.2) is 189 Å². The van der Waals surface area contributed by atoms with Crippen LogP contribution in [0, 0.1) is 77.9 Å². The van der Waals surface area contributed by atoms with Gasteiger partial charge in [0.25, 0.3) is 0 Å².